The van der Waals surface area contributed by atoms with E-state index >= 15 is 0 Å². The fraction of sp³-hybridized carbons (Fsp3) is 0.625. The largest absolute Gasteiger partial charge is 0.496 e. The van der Waals surface area contributed by atoms with Gasteiger partial charge in [0, 0.05) is 0 Å². The Morgan fingerprint density at radius 3 is 2.58 bits per heavy atom. The average Bonchev–Trinajstić information content (AvgIpc) is 2.42. The molecule has 1 heterocycles. The Bertz CT molecular complexity index is 425. The molecule has 1 N–H and O–H groups in total. The maximum atomic E-state index is 5.51. The molecule has 106 valence electrons. The average molecular weight is 326 g/mol. The van der Waals surface area contributed by atoms with Gasteiger partial charge in [-0.2, -0.15) is 0 Å². The maximum absolute atomic E-state index is 5.51. The van der Waals surface area contributed by atoms with E-state index in [2.05, 4.69) is 47.2 Å². The van der Waals surface area contributed by atoms with Crippen LogP contribution in [0.2, 0.25) is 0 Å². The van der Waals surface area contributed by atoms with Gasteiger partial charge in [0.05, 0.1) is 11.6 Å². The molecule has 2 rings (SSSR count). The molecule has 3 heteroatoms. The smallest absolute Gasteiger partial charge is 0.133 e. The van der Waals surface area contributed by atoms with Crippen molar-refractivity contribution in [1.29, 1.82) is 0 Å². The molecule has 1 aromatic rings. The van der Waals surface area contributed by atoms with Crippen LogP contribution >= 0.6 is 15.9 Å². The van der Waals surface area contributed by atoms with Crippen LogP contribution in [0, 0.1) is 5.92 Å². The summed E-state index contributed by atoms with van der Waals surface area (Å²) in [4.78, 5) is 0. The van der Waals surface area contributed by atoms with Gasteiger partial charge in [-0.25, -0.2) is 0 Å². The molecule has 0 bridgehead atoms. The van der Waals surface area contributed by atoms with Crippen LogP contribution in [0.5, 0.6) is 5.75 Å². The van der Waals surface area contributed by atoms with Gasteiger partial charge in [-0.05, 0) is 77.3 Å². The molecule has 2 nitrogen and oxygen atoms in total. The van der Waals surface area contributed by atoms with E-state index in [1.54, 1.807) is 7.11 Å². The summed E-state index contributed by atoms with van der Waals surface area (Å²) in [5.41, 5.74) is 2.76. The molecule has 0 aliphatic carbocycles. The topological polar surface area (TPSA) is 21.3 Å². The van der Waals surface area contributed by atoms with Crippen molar-refractivity contribution >= 4 is 15.9 Å². The van der Waals surface area contributed by atoms with Crippen LogP contribution in [0.4, 0.5) is 0 Å². The fourth-order valence-electron chi connectivity index (χ4n) is 2.71. The summed E-state index contributed by atoms with van der Waals surface area (Å²) in [6, 6.07) is 4.50. The first-order valence-corrected chi connectivity index (χ1v) is 7.98. The Labute approximate surface area is 125 Å². The first-order valence-electron chi connectivity index (χ1n) is 7.18. The van der Waals surface area contributed by atoms with Gasteiger partial charge in [-0.15, -0.1) is 0 Å². The number of ether oxygens (including phenoxy) is 1. The third kappa shape index (κ3) is 3.73. The van der Waals surface area contributed by atoms with Crippen molar-refractivity contribution < 1.29 is 4.74 Å². The summed E-state index contributed by atoms with van der Waals surface area (Å²) in [5, 5.41) is 3.43. The van der Waals surface area contributed by atoms with Gasteiger partial charge >= 0.3 is 0 Å². The number of hydrogen-bond donors (Lipinski definition) is 1. The lowest BCUT2D eigenvalue weighted by Gasteiger charge is -2.24. The van der Waals surface area contributed by atoms with Crippen LogP contribution in [-0.2, 0) is 6.42 Å². The Balaban J connectivity index is 2.24. The maximum Gasteiger partial charge on any atom is 0.133 e. The summed E-state index contributed by atoms with van der Waals surface area (Å²) >= 11 is 3.71. The molecule has 0 atom stereocenters. The van der Waals surface area contributed by atoms with Crippen LogP contribution < -0.4 is 10.1 Å². The third-order valence-corrected chi connectivity index (χ3v) is 4.89. The number of piperidine rings is 1. The SMILES string of the molecule is COc1cc(C(C)C)cc(CC2CCNCC2)c1Br. The molecule has 0 aromatic heterocycles. The van der Waals surface area contributed by atoms with Crippen molar-refractivity contribution in [2.24, 2.45) is 5.92 Å². The summed E-state index contributed by atoms with van der Waals surface area (Å²) in [7, 11) is 1.75. The van der Waals surface area contributed by atoms with E-state index in [1.807, 2.05) is 0 Å². The van der Waals surface area contributed by atoms with Gasteiger partial charge in [0.15, 0.2) is 0 Å². The van der Waals surface area contributed by atoms with E-state index in [1.165, 1.54) is 24.0 Å². The molecular formula is C16H24BrNO. The zero-order chi connectivity index (χ0) is 13.8. The van der Waals surface area contributed by atoms with Gasteiger partial charge in [0.2, 0.25) is 0 Å². The zero-order valence-electron chi connectivity index (χ0n) is 12.1. The second-order valence-corrected chi connectivity index (χ2v) is 6.54. The fourth-order valence-corrected chi connectivity index (χ4v) is 3.26. The lowest BCUT2D eigenvalue weighted by Crippen LogP contribution is -2.28. The van der Waals surface area contributed by atoms with Gasteiger partial charge in [-0.1, -0.05) is 19.9 Å². The number of hydrogen-bond acceptors (Lipinski definition) is 2. The molecule has 1 saturated heterocycles. The molecule has 0 unspecified atom stereocenters. The summed E-state index contributed by atoms with van der Waals surface area (Å²) in [6.45, 7) is 6.78. The number of methoxy groups -OCH3 is 1. The number of halogens is 1. The van der Waals surface area contributed by atoms with E-state index in [0.29, 0.717) is 5.92 Å². The third-order valence-electron chi connectivity index (χ3n) is 3.99. The Morgan fingerprint density at radius 2 is 2.00 bits per heavy atom. The molecule has 0 spiro atoms. The zero-order valence-corrected chi connectivity index (χ0v) is 13.7. The van der Waals surface area contributed by atoms with Crippen LogP contribution in [-0.4, -0.2) is 20.2 Å². The second kappa shape index (κ2) is 6.76. The van der Waals surface area contributed by atoms with Crippen LogP contribution in [0.25, 0.3) is 0 Å². The second-order valence-electron chi connectivity index (χ2n) is 5.75. The number of nitrogens with one attached hydrogen (secondary N) is 1. The lowest BCUT2D eigenvalue weighted by atomic mass is 9.89. The van der Waals surface area contributed by atoms with Crippen molar-refractivity contribution in [1.82, 2.24) is 5.32 Å². The summed E-state index contributed by atoms with van der Waals surface area (Å²) < 4.78 is 6.64. The molecule has 1 fully saturated rings. The normalized spacial score (nSPS) is 16.9. The first kappa shape index (κ1) is 14.9. The molecule has 0 saturated carbocycles. The van der Waals surface area contributed by atoms with Crippen molar-refractivity contribution in [3.63, 3.8) is 0 Å². The minimum absolute atomic E-state index is 0.536. The highest BCUT2D eigenvalue weighted by atomic mass is 79.9. The molecule has 0 radical (unpaired) electrons. The highest BCUT2D eigenvalue weighted by Crippen LogP contribution is 2.35. The predicted molar refractivity (Wildman–Crippen MR) is 84.1 cm³/mol. The Morgan fingerprint density at radius 1 is 1.32 bits per heavy atom. The minimum atomic E-state index is 0.536. The van der Waals surface area contributed by atoms with E-state index in [0.717, 1.165) is 35.7 Å². The molecule has 1 aliphatic heterocycles. The number of rotatable bonds is 4. The number of benzene rings is 1. The van der Waals surface area contributed by atoms with Crippen molar-refractivity contribution in [2.75, 3.05) is 20.2 Å². The van der Waals surface area contributed by atoms with Gasteiger partial charge < -0.3 is 10.1 Å². The van der Waals surface area contributed by atoms with Gasteiger partial charge in [-0.3, -0.25) is 0 Å². The van der Waals surface area contributed by atoms with E-state index < -0.39 is 0 Å². The first-order chi connectivity index (χ1) is 9.11. The van der Waals surface area contributed by atoms with Crippen molar-refractivity contribution in [3.8, 4) is 5.75 Å². The summed E-state index contributed by atoms with van der Waals surface area (Å²) in [5.74, 6) is 2.30. The minimum Gasteiger partial charge on any atom is -0.496 e. The molecular weight excluding hydrogens is 302 g/mol. The van der Waals surface area contributed by atoms with E-state index in [-0.39, 0.29) is 0 Å². The van der Waals surface area contributed by atoms with Crippen molar-refractivity contribution in [3.05, 3.63) is 27.7 Å². The van der Waals surface area contributed by atoms with Crippen LogP contribution in [0.3, 0.4) is 0 Å². The summed E-state index contributed by atoms with van der Waals surface area (Å²) in [6.07, 6.45) is 3.71. The molecule has 1 aromatic carbocycles. The predicted octanol–water partition coefficient (Wildman–Crippen LogP) is 4.12. The highest BCUT2D eigenvalue weighted by molar-refractivity contribution is 9.10. The molecule has 1 aliphatic rings. The monoisotopic (exact) mass is 325 g/mol. The molecule has 19 heavy (non-hydrogen) atoms. The van der Waals surface area contributed by atoms with Crippen LogP contribution in [0.15, 0.2) is 16.6 Å². The Kier molecular flexibility index (Phi) is 5.28. The Hall–Kier alpha value is -0.540. The lowest BCUT2D eigenvalue weighted by molar-refractivity contribution is 0.370. The van der Waals surface area contributed by atoms with Crippen molar-refractivity contribution in [2.45, 2.75) is 39.0 Å². The standard InChI is InChI=1S/C16H24BrNO/c1-11(2)13-9-14(16(17)15(10-13)19-3)8-12-4-6-18-7-5-12/h9-12,18H,4-8H2,1-3H3. The quantitative estimate of drug-likeness (QED) is 0.898. The van der Waals surface area contributed by atoms with E-state index in [4.69, 9.17) is 4.74 Å². The molecule has 0 amide bonds. The van der Waals surface area contributed by atoms with Gasteiger partial charge in [0.25, 0.3) is 0 Å². The van der Waals surface area contributed by atoms with Crippen LogP contribution in [0.1, 0.15) is 43.7 Å². The highest BCUT2D eigenvalue weighted by Gasteiger charge is 2.17. The van der Waals surface area contributed by atoms with E-state index in [9.17, 15) is 0 Å². The van der Waals surface area contributed by atoms with Gasteiger partial charge in [0.1, 0.15) is 5.75 Å².